The van der Waals surface area contributed by atoms with Gasteiger partial charge in [-0.1, -0.05) is 25.7 Å². The van der Waals surface area contributed by atoms with Crippen LogP contribution in [0.5, 0.6) is 0 Å². The minimum atomic E-state index is 0.299. The number of hydrogen-bond acceptors (Lipinski definition) is 4. The Bertz CT molecular complexity index is 529. The van der Waals surface area contributed by atoms with Gasteiger partial charge in [0.25, 0.3) is 0 Å². The fourth-order valence-electron chi connectivity index (χ4n) is 5.23. The lowest BCUT2D eigenvalue weighted by Crippen LogP contribution is -2.53. The summed E-state index contributed by atoms with van der Waals surface area (Å²) in [5, 5.41) is 0. The zero-order chi connectivity index (χ0) is 19.3. The molecule has 2 aliphatic carbocycles. The van der Waals surface area contributed by atoms with E-state index in [1.54, 1.807) is 0 Å². The molecule has 2 saturated carbocycles. The molecule has 0 aromatic heterocycles. The summed E-state index contributed by atoms with van der Waals surface area (Å²) in [4.78, 5) is 34.5. The van der Waals surface area contributed by atoms with Gasteiger partial charge in [0.05, 0.1) is 13.1 Å². The molecule has 0 N–H and O–H groups in total. The second-order valence-electron chi connectivity index (χ2n) is 9.32. The molecule has 0 unspecified atom stereocenters. The molecular formula is C22H38N4O2. The Labute approximate surface area is 170 Å². The van der Waals surface area contributed by atoms with Gasteiger partial charge in [0.2, 0.25) is 11.8 Å². The Balaban J connectivity index is 1.20. The van der Waals surface area contributed by atoms with E-state index in [0.717, 1.165) is 52.1 Å². The maximum atomic E-state index is 13.0. The number of likely N-dealkylation sites (tertiary alicyclic amines) is 1. The molecule has 0 spiro atoms. The van der Waals surface area contributed by atoms with Crippen LogP contribution in [0.4, 0.5) is 0 Å². The van der Waals surface area contributed by atoms with Crippen molar-refractivity contribution >= 4 is 11.8 Å². The molecule has 158 valence electrons. The van der Waals surface area contributed by atoms with Crippen molar-refractivity contribution in [1.82, 2.24) is 19.6 Å². The van der Waals surface area contributed by atoms with Crippen molar-refractivity contribution in [3.8, 4) is 0 Å². The highest BCUT2D eigenvalue weighted by atomic mass is 16.2. The van der Waals surface area contributed by atoms with Gasteiger partial charge in [0.1, 0.15) is 0 Å². The van der Waals surface area contributed by atoms with Crippen LogP contribution in [0.25, 0.3) is 0 Å². The fraction of sp³-hybridized carbons (Fsp3) is 0.909. The van der Waals surface area contributed by atoms with Crippen molar-refractivity contribution < 1.29 is 9.59 Å². The summed E-state index contributed by atoms with van der Waals surface area (Å²) in [6.07, 6.45) is 12.2. The SMILES string of the molecule is O=C(CN1CCN(CC(=O)N(C2CCCC2)C2CC2)CC1)N1CCCCCC1. The van der Waals surface area contributed by atoms with Gasteiger partial charge in [-0.2, -0.15) is 0 Å². The van der Waals surface area contributed by atoms with Gasteiger partial charge in [0, 0.05) is 51.4 Å². The van der Waals surface area contributed by atoms with Crippen LogP contribution in [0.3, 0.4) is 0 Å². The first kappa shape index (κ1) is 20.1. The highest BCUT2D eigenvalue weighted by Gasteiger charge is 2.38. The van der Waals surface area contributed by atoms with E-state index in [1.807, 2.05) is 0 Å². The Kier molecular flexibility index (Phi) is 6.89. The highest BCUT2D eigenvalue weighted by Crippen LogP contribution is 2.34. The lowest BCUT2D eigenvalue weighted by molar-refractivity contribution is -0.137. The molecular weight excluding hydrogens is 352 g/mol. The molecule has 4 aliphatic rings. The summed E-state index contributed by atoms with van der Waals surface area (Å²) in [7, 11) is 0. The van der Waals surface area contributed by atoms with Crippen LogP contribution in [0.2, 0.25) is 0 Å². The van der Waals surface area contributed by atoms with Crippen molar-refractivity contribution in [2.75, 3.05) is 52.4 Å². The van der Waals surface area contributed by atoms with E-state index >= 15 is 0 Å². The number of amides is 2. The molecule has 2 amide bonds. The number of piperazine rings is 1. The average Bonchev–Trinajstić information content (AvgIpc) is 3.44. The number of nitrogens with zero attached hydrogens (tertiary/aromatic N) is 4. The third-order valence-corrected chi connectivity index (χ3v) is 7.09. The Hall–Kier alpha value is -1.14. The van der Waals surface area contributed by atoms with Crippen molar-refractivity contribution in [2.24, 2.45) is 0 Å². The van der Waals surface area contributed by atoms with E-state index < -0.39 is 0 Å². The molecule has 6 nitrogen and oxygen atoms in total. The minimum absolute atomic E-state index is 0.299. The van der Waals surface area contributed by atoms with Gasteiger partial charge in [0.15, 0.2) is 0 Å². The maximum absolute atomic E-state index is 13.0. The van der Waals surface area contributed by atoms with Crippen LogP contribution in [0.1, 0.15) is 64.2 Å². The van der Waals surface area contributed by atoms with Gasteiger partial charge in [-0.25, -0.2) is 0 Å². The summed E-state index contributed by atoms with van der Waals surface area (Å²) < 4.78 is 0. The lowest BCUT2D eigenvalue weighted by Gasteiger charge is -2.37. The second-order valence-corrected chi connectivity index (χ2v) is 9.32. The number of hydrogen-bond donors (Lipinski definition) is 0. The van der Waals surface area contributed by atoms with E-state index in [1.165, 1.54) is 51.4 Å². The molecule has 0 radical (unpaired) electrons. The topological polar surface area (TPSA) is 47.1 Å². The van der Waals surface area contributed by atoms with E-state index in [2.05, 4.69) is 19.6 Å². The van der Waals surface area contributed by atoms with Gasteiger partial charge >= 0.3 is 0 Å². The van der Waals surface area contributed by atoms with Crippen LogP contribution in [0.15, 0.2) is 0 Å². The number of carbonyl (C=O) groups is 2. The van der Waals surface area contributed by atoms with E-state index in [9.17, 15) is 9.59 Å². The molecule has 2 saturated heterocycles. The highest BCUT2D eigenvalue weighted by molar-refractivity contribution is 5.79. The van der Waals surface area contributed by atoms with Gasteiger partial charge < -0.3 is 9.80 Å². The second kappa shape index (κ2) is 9.57. The molecule has 0 atom stereocenters. The smallest absolute Gasteiger partial charge is 0.237 e. The quantitative estimate of drug-likeness (QED) is 0.695. The van der Waals surface area contributed by atoms with E-state index in [0.29, 0.717) is 37.0 Å². The molecule has 4 fully saturated rings. The third-order valence-electron chi connectivity index (χ3n) is 7.09. The monoisotopic (exact) mass is 390 g/mol. The van der Waals surface area contributed by atoms with Crippen LogP contribution >= 0.6 is 0 Å². The van der Waals surface area contributed by atoms with Crippen LogP contribution in [-0.2, 0) is 9.59 Å². The summed E-state index contributed by atoms with van der Waals surface area (Å²) in [6.45, 7) is 6.61. The van der Waals surface area contributed by atoms with Gasteiger partial charge in [-0.3, -0.25) is 19.4 Å². The first-order chi connectivity index (χ1) is 13.7. The Morgan fingerprint density at radius 2 is 1.18 bits per heavy atom. The molecule has 6 heteroatoms. The predicted molar refractivity (Wildman–Crippen MR) is 110 cm³/mol. The average molecular weight is 391 g/mol. The summed E-state index contributed by atoms with van der Waals surface area (Å²) >= 11 is 0. The van der Waals surface area contributed by atoms with Crippen molar-refractivity contribution in [3.05, 3.63) is 0 Å². The molecule has 4 rings (SSSR count). The van der Waals surface area contributed by atoms with E-state index in [4.69, 9.17) is 0 Å². The maximum Gasteiger partial charge on any atom is 0.237 e. The van der Waals surface area contributed by atoms with Crippen LogP contribution in [-0.4, -0.2) is 95.9 Å². The standard InChI is InChI=1S/C22H38N4O2/c27-21(25-11-5-1-2-6-12-25)17-23-13-15-24(16-14-23)18-22(28)26(20-9-10-20)19-7-3-4-8-19/h19-20H,1-18H2. The van der Waals surface area contributed by atoms with Gasteiger partial charge in [-0.15, -0.1) is 0 Å². The molecule has 0 aromatic carbocycles. The molecule has 28 heavy (non-hydrogen) atoms. The summed E-state index contributed by atoms with van der Waals surface area (Å²) in [5.74, 6) is 0.649. The zero-order valence-corrected chi connectivity index (χ0v) is 17.5. The molecule has 2 aliphatic heterocycles. The van der Waals surface area contributed by atoms with Crippen molar-refractivity contribution in [1.29, 1.82) is 0 Å². The third kappa shape index (κ3) is 5.26. The minimum Gasteiger partial charge on any atom is -0.342 e. The lowest BCUT2D eigenvalue weighted by atomic mass is 10.2. The zero-order valence-electron chi connectivity index (χ0n) is 17.5. The normalized spacial score (nSPS) is 25.6. The summed E-state index contributed by atoms with van der Waals surface area (Å²) in [5.41, 5.74) is 0. The first-order valence-corrected chi connectivity index (χ1v) is 11.7. The molecule has 0 aromatic rings. The number of rotatable bonds is 6. The summed E-state index contributed by atoms with van der Waals surface area (Å²) in [6, 6.07) is 1.04. The number of carbonyl (C=O) groups excluding carboxylic acids is 2. The largest absolute Gasteiger partial charge is 0.342 e. The van der Waals surface area contributed by atoms with Gasteiger partial charge in [-0.05, 0) is 38.5 Å². The first-order valence-electron chi connectivity index (χ1n) is 11.7. The van der Waals surface area contributed by atoms with Crippen LogP contribution < -0.4 is 0 Å². The Morgan fingerprint density at radius 3 is 1.75 bits per heavy atom. The van der Waals surface area contributed by atoms with Crippen molar-refractivity contribution in [2.45, 2.75) is 76.3 Å². The van der Waals surface area contributed by atoms with Crippen LogP contribution in [0, 0.1) is 0 Å². The molecule has 0 bridgehead atoms. The van der Waals surface area contributed by atoms with Crippen molar-refractivity contribution in [3.63, 3.8) is 0 Å². The fourth-order valence-corrected chi connectivity index (χ4v) is 5.23. The molecule has 2 heterocycles. The van der Waals surface area contributed by atoms with E-state index in [-0.39, 0.29) is 0 Å². The predicted octanol–water partition coefficient (Wildman–Crippen LogP) is 1.94. The Morgan fingerprint density at radius 1 is 0.643 bits per heavy atom.